The fraction of sp³-hybridized carbons (Fsp3) is 0.692. The zero-order valence-electron chi connectivity index (χ0n) is 10.6. The molecule has 2 rings (SSSR count). The first-order chi connectivity index (χ1) is 8.22. The topological polar surface area (TPSA) is 46.9 Å². The first-order valence-corrected chi connectivity index (χ1v) is 6.54. The Kier molecular flexibility index (Phi) is 3.82. The number of hydrogen-bond acceptors (Lipinski definition) is 2. The van der Waals surface area contributed by atoms with Crippen LogP contribution in [0.3, 0.4) is 0 Å². The second kappa shape index (κ2) is 5.34. The van der Waals surface area contributed by atoms with E-state index in [1.165, 1.54) is 12.8 Å². The molecule has 4 heteroatoms. The highest BCUT2D eigenvalue weighted by Gasteiger charge is 2.22. The van der Waals surface area contributed by atoms with Crippen LogP contribution in [0.1, 0.15) is 51.4 Å². The molecule has 4 nitrogen and oxygen atoms in total. The molecular weight excluding hydrogens is 214 g/mol. The second-order valence-electron chi connectivity index (χ2n) is 4.77. The molecule has 1 aliphatic rings. The summed E-state index contributed by atoms with van der Waals surface area (Å²) >= 11 is 0. The Labute approximate surface area is 102 Å². The molecule has 1 heterocycles. The average Bonchev–Trinajstić information content (AvgIpc) is 2.97. The van der Waals surface area contributed by atoms with Crippen LogP contribution >= 0.6 is 0 Å². The van der Waals surface area contributed by atoms with Crippen LogP contribution in [0.2, 0.25) is 0 Å². The number of aryl methyl sites for hydroxylation is 1. The fourth-order valence-corrected chi connectivity index (χ4v) is 2.49. The second-order valence-corrected chi connectivity index (χ2v) is 4.77. The zero-order chi connectivity index (χ0) is 12.3. The molecule has 1 N–H and O–H groups in total. The molecule has 0 aliphatic heterocycles. The van der Waals surface area contributed by atoms with Crippen molar-refractivity contribution in [2.24, 2.45) is 0 Å². The van der Waals surface area contributed by atoms with Crippen LogP contribution in [-0.2, 0) is 11.2 Å². The van der Waals surface area contributed by atoms with Gasteiger partial charge in [-0.2, -0.15) is 0 Å². The number of amides is 1. The molecule has 1 aromatic heterocycles. The van der Waals surface area contributed by atoms with E-state index < -0.39 is 0 Å². The number of nitrogens with one attached hydrogen (secondary N) is 1. The van der Waals surface area contributed by atoms with Gasteiger partial charge in [-0.1, -0.05) is 19.8 Å². The monoisotopic (exact) mass is 235 g/mol. The van der Waals surface area contributed by atoms with Crippen molar-refractivity contribution in [1.29, 1.82) is 0 Å². The van der Waals surface area contributed by atoms with Gasteiger partial charge in [0, 0.05) is 24.9 Å². The van der Waals surface area contributed by atoms with Crippen LogP contribution in [0.5, 0.6) is 0 Å². The molecule has 1 amide bonds. The number of nitrogens with zero attached hydrogens (tertiary/aromatic N) is 2. The van der Waals surface area contributed by atoms with Crippen LogP contribution in [0.15, 0.2) is 12.4 Å². The smallest absolute Gasteiger partial charge is 0.243 e. The quantitative estimate of drug-likeness (QED) is 0.868. The van der Waals surface area contributed by atoms with Crippen LogP contribution in [0, 0.1) is 0 Å². The van der Waals surface area contributed by atoms with E-state index in [9.17, 15) is 4.79 Å². The predicted octanol–water partition coefficient (Wildman–Crippen LogP) is 2.07. The van der Waals surface area contributed by atoms with Gasteiger partial charge in [0.25, 0.3) is 0 Å². The highest BCUT2D eigenvalue weighted by Crippen LogP contribution is 2.19. The van der Waals surface area contributed by atoms with E-state index >= 15 is 0 Å². The fourth-order valence-electron chi connectivity index (χ4n) is 2.49. The summed E-state index contributed by atoms with van der Waals surface area (Å²) in [6.07, 6.45) is 9.24. The summed E-state index contributed by atoms with van der Waals surface area (Å²) in [7, 11) is 0. The first kappa shape index (κ1) is 12.1. The van der Waals surface area contributed by atoms with Crippen LogP contribution in [-0.4, -0.2) is 21.5 Å². The number of hydrogen-bond donors (Lipinski definition) is 1. The van der Waals surface area contributed by atoms with Crippen LogP contribution < -0.4 is 5.32 Å². The van der Waals surface area contributed by atoms with E-state index in [0.29, 0.717) is 6.04 Å². The van der Waals surface area contributed by atoms with Gasteiger partial charge < -0.3 is 9.88 Å². The molecule has 1 unspecified atom stereocenters. The molecule has 0 bridgehead atoms. The maximum absolute atomic E-state index is 12.1. The standard InChI is InChI=1S/C13H21N3O/c1-3-12-14-8-9-16(12)10(2)13(17)15-11-6-4-5-7-11/h8-11H,3-7H2,1-2H3,(H,15,17). The lowest BCUT2D eigenvalue weighted by Crippen LogP contribution is -2.37. The molecule has 1 aromatic rings. The minimum Gasteiger partial charge on any atom is -0.352 e. The van der Waals surface area contributed by atoms with Crippen molar-refractivity contribution in [1.82, 2.24) is 14.9 Å². The summed E-state index contributed by atoms with van der Waals surface area (Å²) in [4.78, 5) is 16.4. The van der Waals surface area contributed by atoms with Crippen molar-refractivity contribution in [3.8, 4) is 0 Å². The largest absolute Gasteiger partial charge is 0.352 e. The number of aromatic nitrogens is 2. The average molecular weight is 235 g/mol. The van der Waals surface area contributed by atoms with E-state index in [4.69, 9.17) is 0 Å². The SMILES string of the molecule is CCc1nccn1C(C)C(=O)NC1CCCC1. The van der Waals surface area contributed by atoms with Gasteiger partial charge in [0.05, 0.1) is 0 Å². The normalized spacial score (nSPS) is 18.2. The lowest BCUT2D eigenvalue weighted by atomic mass is 10.2. The number of imidazole rings is 1. The van der Waals surface area contributed by atoms with Crippen molar-refractivity contribution in [3.63, 3.8) is 0 Å². The molecule has 0 saturated heterocycles. The Morgan fingerprint density at radius 2 is 2.29 bits per heavy atom. The van der Waals surface area contributed by atoms with E-state index in [0.717, 1.165) is 25.1 Å². The zero-order valence-corrected chi connectivity index (χ0v) is 10.6. The molecule has 1 saturated carbocycles. The van der Waals surface area contributed by atoms with Crippen molar-refractivity contribution in [2.45, 2.75) is 58.0 Å². The summed E-state index contributed by atoms with van der Waals surface area (Å²) in [5, 5.41) is 3.13. The van der Waals surface area contributed by atoms with Crippen molar-refractivity contribution >= 4 is 5.91 Å². The van der Waals surface area contributed by atoms with E-state index in [1.54, 1.807) is 6.20 Å². The number of rotatable bonds is 4. The third-order valence-corrected chi connectivity index (χ3v) is 3.56. The van der Waals surface area contributed by atoms with Crippen molar-refractivity contribution in [2.75, 3.05) is 0 Å². The van der Waals surface area contributed by atoms with Gasteiger partial charge in [-0.05, 0) is 19.8 Å². The van der Waals surface area contributed by atoms with Gasteiger partial charge >= 0.3 is 0 Å². The maximum atomic E-state index is 12.1. The third kappa shape index (κ3) is 2.68. The molecule has 1 aliphatic carbocycles. The molecule has 1 atom stereocenters. The van der Waals surface area contributed by atoms with Gasteiger partial charge in [0.2, 0.25) is 5.91 Å². The minimum absolute atomic E-state index is 0.115. The first-order valence-electron chi connectivity index (χ1n) is 6.54. The van der Waals surface area contributed by atoms with Crippen LogP contribution in [0.25, 0.3) is 0 Å². The molecule has 0 spiro atoms. The summed E-state index contributed by atoms with van der Waals surface area (Å²) in [5.41, 5.74) is 0. The highest BCUT2D eigenvalue weighted by molar-refractivity contribution is 5.80. The van der Waals surface area contributed by atoms with Gasteiger partial charge in [-0.15, -0.1) is 0 Å². The minimum atomic E-state index is -0.159. The lowest BCUT2D eigenvalue weighted by molar-refractivity contribution is -0.124. The van der Waals surface area contributed by atoms with E-state index in [2.05, 4.69) is 17.2 Å². The van der Waals surface area contributed by atoms with Gasteiger partial charge in [-0.3, -0.25) is 4.79 Å². The lowest BCUT2D eigenvalue weighted by Gasteiger charge is -2.19. The maximum Gasteiger partial charge on any atom is 0.243 e. The Morgan fingerprint density at radius 1 is 1.59 bits per heavy atom. The predicted molar refractivity (Wildman–Crippen MR) is 66.7 cm³/mol. The summed E-state index contributed by atoms with van der Waals surface area (Å²) < 4.78 is 1.96. The van der Waals surface area contributed by atoms with Crippen LogP contribution in [0.4, 0.5) is 0 Å². The Hall–Kier alpha value is -1.32. The van der Waals surface area contributed by atoms with Gasteiger partial charge in [0.15, 0.2) is 0 Å². The van der Waals surface area contributed by atoms with E-state index in [1.807, 2.05) is 17.7 Å². The summed E-state index contributed by atoms with van der Waals surface area (Å²) in [6, 6.07) is 0.228. The molecular formula is C13H21N3O. The van der Waals surface area contributed by atoms with Gasteiger partial charge in [-0.25, -0.2) is 4.98 Å². The van der Waals surface area contributed by atoms with Crippen molar-refractivity contribution < 1.29 is 4.79 Å². The molecule has 94 valence electrons. The Morgan fingerprint density at radius 3 is 2.94 bits per heavy atom. The van der Waals surface area contributed by atoms with Gasteiger partial charge in [0.1, 0.15) is 11.9 Å². The summed E-state index contributed by atoms with van der Waals surface area (Å²) in [5.74, 6) is 1.09. The Bertz CT molecular complexity index is 380. The third-order valence-electron chi connectivity index (χ3n) is 3.56. The highest BCUT2D eigenvalue weighted by atomic mass is 16.2. The number of carbonyl (C=O) groups is 1. The molecule has 0 radical (unpaired) electrons. The number of carbonyl (C=O) groups excluding carboxylic acids is 1. The Balaban J connectivity index is 1.98. The summed E-state index contributed by atoms with van der Waals surface area (Å²) in [6.45, 7) is 3.99. The van der Waals surface area contributed by atoms with Crippen molar-refractivity contribution in [3.05, 3.63) is 18.2 Å². The molecule has 1 fully saturated rings. The van der Waals surface area contributed by atoms with E-state index in [-0.39, 0.29) is 11.9 Å². The molecule has 0 aromatic carbocycles. The molecule has 17 heavy (non-hydrogen) atoms.